The van der Waals surface area contributed by atoms with E-state index < -0.39 is 0 Å². The molecular weight excluding hydrogens is 497 g/mol. The average Bonchev–Trinajstić information content (AvgIpc) is 2.70. The number of hydrogen-bond acceptors (Lipinski definition) is 0. The fraction of sp³-hybridized carbons (Fsp3) is 0.875. The molecule has 0 atom stereocenters. The van der Waals surface area contributed by atoms with Crippen molar-refractivity contribution in [3.05, 3.63) is 26.1 Å². The summed E-state index contributed by atoms with van der Waals surface area (Å²) in [5.74, 6) is 0. The zero-order valence-electron chi connectivity index (χ0n) is 18.4. The summed E-state index contributed by atoms with van der Waals surface area (Å²) in [6.45, 7) is 17.2. The minimum Gasteiger partial charge on any atom is -0.657 e. The van der Waals surface area contributed by atoms with Crippen molar-refractivity contribution in [3.8, 4) is 0 Å². The third-order valence-corrected chi connectivity index (χ3v) is 4.63. The van der Waals surface area contributed by atoms with Gasteiger partial charge in [0.2, 0.25) is 0 Å². The summed E-state index contributed by atoms with van der Waals surface area (Å²) in [5, 5.41) is 5.00. The second-order valence-electron chi connectivity index (χ2n) is 7.29. The van der Waals surface area contributed by atoms with Crippen LogP contribution < -0.4 is 0 Å². The van der Waals surface area contributed by atoms with Crippen LogP contribution in [0.4, 0.5) is 0 Å². The first-order valence-electron chi connectivity index (χ1n) is 11.3. The third kappa shape index (κ3) is 24.6. The van der Waals surface area contributed by atoms with Gasteiger partial charge in [0, 0.05) is 0 Å². The fourth-order valence-electron chi connectivity index (χ4n) is 2.76. The van der Waals surface area contributed by atoms with Crippen LogP contribution in [0.5, 0.6) is 0 Å². The molecule has 0 bridgehead atoms. The first-order chi connectivity index (χ1) is 12.2. The molecule has 2 fully saturated rings. The molecule has 0 aliphatic heterocycles. The summed E-state index contributed by atoms with van der Waals surface area (Å²) in [7, 11) is 0. The Kier molecular flexibility index (Phi) is 33.6. The topological polar surface area (TPSA) is 14.1 Å². The first kappa shape index (κ1) is 31.3. The molecule has 26 heavy (non-hydrogen) atoms. The van der Waals surface area contributed by atoms with E-state index >= 15 is 0 Å². The predicted molar refractivity (Wildman–Crippen MR) is 118 cm³/mol. The van der Waals surface area contributed by atoms with Gasteiger partial charge in [-0.2, -0.15) is 19.3 Å². The first-order valence-corrected chi connectivity index (χ1v) is 11.3. The van der Waals surface area contributed by atoms with Gasteiger partial charge >= 0.3 is 21.1 Å². The Bertz CT molecular complexity index is 177. The molecule has 0 aromatic rings. The molecule has 0 spiro atoms. The van der Waals surface area contributed by atoms with E-state index in [0.717, 1.165) is 31.3 Å². The van der Waals surface area contributed by atoms with Crippen molar-refractivity contribution in [1.29, 1.82) is 0 Å². The molecule has 2 rings (SSSR count). The minimum absolute atomic E-state index is 0. The molecule has 0 aromatic heterocycles. The molecule has 0 heterocycles. The van der Waals surface area contributed by atoms with Crippen molar-refractivity contribution in [2.45, 2.75) is 136 Å². The van der Waals surface area contributed by atoms with Crippen LogP contribution in [-0.4, -0.2) is 12.1 Å². The smallest absolute Gasteiger partial charge is 0.657 e. The van der Waals surface area contributed by atoms with Gasteiger partial charge in [-0.25, -0.2) is 0 Å². The summed E-state index contributed by atoms with van der Waals surface area (Å²) in [4.78, 5) is 0. The number of nitrogens with zero attached hydrogens (tertiary/aromatic N) is 1. The summed E-state index contributed by atoms with van der Waals surface area (Å²) in [6, 6.07) is 1.49. The van der Waals surface area contributed by atoms with Crippen molar-refractivity contribution >= 4 is 0 Å². The van der Waals surface area contributed by atoms with E-state index in [-0.39, 0.29) is 21.1 Å². The van der Waals surface area contributed by atoms with Gasteiger partial charge in [-0.15, -0.1) is 12.1 Å². The largest absolute Gasteiger partial charge is 4.00 e. The minimum atomic E-state index is 0. The van der Waals surface area contributed by atoms with E-state index in [2.05, 4.69) is 41.5 Å². The van der Waals surface area contributed by atoms with E-state index in [1.165, 1.54) is 83.5 Å². The van der Waals surface area contributed by atoms with Crippen molar-refractivity contribution in [2.24, 2.45) is 0 Å². The fourth-order valence-corrected chi connectivity index (χ4v) is 2.76. The Balaban J connectivity index is -0.000000342. The SMILES string of the molecule is C1CCC([N-]C2CCCCC2)CC1.[CH2-]CCC.[CH2-]CCC.[CH2-]CCC.[Pt+4]. The summed E-state index contributed by atoms with van der Waals surface area (Å²) in [5.41, 5.74) is 0. The molecule has 0 saturated heterocycles. The second kappa shape index (κ2) is 27.9. The van der Waals surface area contributed by atoms with Gasteiger partial charge in [-0.1, -0.05) is 104 Å². The van der Waals surface area contributed by atoms with Crippen LogP contribution in [0, 0.1) is 20.8 Å². The predicted octanol–water partition coefficient (Wildman–Crippen LogP) is 8.88. The second-order valence-corrected chi connectivity index (χ2v) is 7.29. The Morgan fingerprint density at radius 2 is 0.808 bits per heavy atom. The maximum Gasteiger partial charge on any atom is 4.00 e. The van der Waals surface area contributed by atoms with Crippen LogP contribution in [0.2, 0.25) is 0 Å². The van der Waals surface area contributed by atoms with Crippen LogP contribution >= 0.6 is 0 Å². The van der Waals surface area contributed by atoms with Gasteiger partial charge in [0.25, 0.3) is 0 Å². The molecule has 160 valence electrons. The van der Waals surface area contributed by atoms with Crippen molar-refractivity contribution in [2.75, 3.05) is 0 Å². The maximum atomic E-state index is 5.00. The summed E-state index contributed by atoms with van der Waals surface area (Å²) < 4.78 is 0. The van der Waals surface area contributed by atoms with Gasteiger partial charge in [0.1, 0.15) is 0 Å². The Hall–Kier alpha value is 0.648. The molecule has 0 amide bonds. The third-order valence-electron chi connectivity index (χ3n) is 4.63. The van der Waals surface area contributed by atoms with Gasteiger partial charge in [0.05, 0.1) is 0 Å². The molecule has 2 heteroatoms. The molecule has 2 aliphatic carbocycles. The van der Waals surface area contributed by atoms with Gasteiger partial charge in [-0.05, 0) is 0 Å². The van der Waals surface area contributed by atoms with Crippen molar-refractivity contribution < 1.29 is 21.1 Å². The van der Waals surface area contributed by atoms with E-state index in [1.807, 2.05) is 0 Å². The number of unbranched alkanes of at least 4 members (excludes halogenated alkanes) is 3. The molecule has 2 aliphatic rings. The normalized spacial score (nSPS) is 17.3. The zero-order valence-corrected chi connectivity index (χ0v) is 20.6. The zero-order chi connectivity index (χ0) is 19.2. The van der Waals surface area contributed by atoms with Crippen LogP contribution in [0.15, 0.2) is 0 Å². The van der Waals surface area contributed by atoms with Gasteiger partial charge < -0.3 is 26.1 Å². The van der Waals surface area contributed by atoms with Crippen molar-refractivity contribution in [3.63, 3.8) is 0 Å². The molecule has 0 aromatic carbocycles. The van der Waals surface area contributed by atoms with Crippen LogP contribution in [0.1, 0.15) is 124 Å². The standard InChI is InChI=1S/C12H22N.3C4H9.Pt/c1-3-7-11(8-4-1)13-12-9-5-2-6-10-12;3*1-3-4-2;/h11-12H,1-10H2;3*1,3-4H2,2H3;/q4*-1;+4. The van der Waals surface area contributed by atoms with Crippen LogP contribution in [0.3, 0.4) is 0 Å². The Labute approximate surface area is 182 Å². The molecular formula is C24H49NPt. The molecule has 0 N–H and O–H groups in total. The summed E-state index contributed by atoms with van der Waals surface area (Å²) >= 11 is 0. The molecule has 0 radical (unpaired) electrons. The summed E-state index contributed by atoms with van der Waals surface area (Å²) in [6.07, 6.45) is 21.0. The van der Waals surface area contributed by atoms with Gasteiger partial charge in [0.15, 0.2) is 0 Å². The Morgan fingerprint density at radius 1 is 0.577 bits per heavy atom. The maximum absolute atomic E-state index is 5.00. The van der Waals surface area contributed by atoms with E-state index in [1.54, 1.807) is 0 Å². The Morgan fingerprint density at radius 3 is 1.00 bits per heavy atom. The van der Waals surface area contributed by atoms with E-state index in [0.29, 0.717) is 0 Å². The van der Waals surface area contributed by atoms with E-state index in [4.69, 9.17) is 5.32 Å². The van der Waals surface area contributed by atoms with Crippen molar-refractivity contribution in [1.82, 2.24) is 0 Å². The quantitative estimate of drug-likeness (QED) is 0.306. The molecule has 2 saturated carbocycles. The average molecular weight is 547 g/mol. The van der Waals surface area contributed by atoms with Crippen LogP contribution in [-0.2, 0) is 21.1 Å². The van der Waals surface area contributed by atoms with E-state index in [9.17, 15) is 0 Å². The van der Waals surface area contributed by atoms with Crippen LogP contribution in [0.25, 0.3) is 5.32 Å². The number of hydrogen-bond donors (Lipinski definition) is 0. The number of rotatable bonds is 5. The van der Waals surface area contributed by atoms with Gasteiger partial charge in [-0.3, -0.25) is 0 Å². The molecule has 0 unspecified atom stereocenters. The monoisotopic (exact) mass is 546 g/mol. The molecule has 1 nitrogen and oxygen atoms in total.